The average molecular weight is 530 g/mol. The Bertz CT molecular complexity index is 945. The van der Waals surface area contributed by atoms with Crippen LogP contribution in [0.1, 0.15) is 12.8 Å². The second-order valence-electron chi connectivity index (χ2n) is 8.45. The summed E-state index contributed by atoms with van der Waals surface area (Å²) >= 11 is 0. The SMILES string of the molecule is C=CCOCC(=C)C(=O)OCC(=O)OC1C2CC3C1OC(=O)C3(C(=O)OC(C(F)(F)F)C(F)(F)F)C2. The molecule has 0 aromatic rings. The van der Waals surface area contributed by atoms with E-state index in [1.165, 1.54) is 6.08 Å². The molecule has 0 spiro atoms. The summed E-state index contributed by atoms with van der Waals surface area (Å²) in [6.07, 6.45) is -17.9. The minimum absolute atomic E-state index is 0.0522. The fraction of sp³-hybridized carbons (Fsp3) is 0.619. The predicted octanol–water partition coefficient (Wildman–Crippen LogP) is 2.19. The number of halogens is 6. The first-order chi connectivity index (χ1) is 16.6. The van der Waals surface area contributed by atoms with Crippen molar-refractivity contribution in [1.29, 1.82) is 0 Å². The van der Waals surface area contributed by atoms with Gasteiger partial charge in [0.2, 0.25) is 0 Å². The van der Waals surface area contributed by atoms with Crippen molar-refractivity contribution in [2.24, 2.45) is 17.3 Å². The number of ether oxygens (including phenoxy) is 5. The minimum Gasteiger partial charge on any atom is -0.457 e. The van der Waals surface area contributed by atoms with Crippen LogP contribution in [0.2, 0.25) is 0 Å². The van der Waals surface area contributed by atoms with E-state index in [2.05, 4.69) is 17.9 Å². The Morgan fingerprint density at radius 1 is 1.14 bits per heavy atom. The van der Waals surface area contributed by atoms with Crippen LogP contribution in [0.5, 0.6) is 0 Å². The van der Waals surface area contributed by atoms with Crippen LogP contribution in [-0.4, -0.2) is 74.4 Å². The Balaban J connectivity index is 1.61. The first-order valence-corrected chi connectivity index (χ1v) is 10.4. The fourth-order valence-corrected chi connectivity index (χ4v) is 4.70. The summed E-state index contributed by atoms with van der Waals surface area (Å²) in [4.78, 5) is 48.9. The summed E-state index contributed by atoms with van der Waals surface area (Å²) < 4.78 is 101. The summed E-state index contributed by atoms with van der Waals surface area (Å²) in [6, 6.07) is 0. The van der Waals surface area contributed by atoms with E-state index >= 15 is 0 Å². The maximum absolute atomic E-state index is 12.8. The van der Waals surface area contributed by atoms with E-state index in [0.717, 1.165) is 0 Å². The highest BCUT2D eigenvalue weighted by molar-refractivity contribution is 6.03. The van der Waals surface area contributed by atoms with Gasteiger partial charge in [0.25, 0.3) is 6.10 Å². The zero-order valence-corrected chi connectivity index (χ0v) is 18.4. The van der Waals surface area contributed by atoms with E-state index < -0.39 is 84.8 Å². The lowest BCUT2D eigenvalue weighted by Crippen LogP contribution is -2.51. The first kappa shape index (κ1) is 27.5. The molecule has 36 heavy (non-hydrogen) atoms. The number of rotatable bonds is 10. The lowest BCUT2D eigenvalue weighted by molar-refractivity contribution is -0.315. The lowest BCUT2D eigenvalue weighted by Gasteiger charge is -2.32. The normalized spacial score (nSPS) is 28.6. The van der Waals surface area contributed by atoms with Crippen molar-refractivity contribution in [3.05, 3.63) is 24.8 Å². The molecule has 15 heteroatoms. The van der Waals surface area contributed by atoms with Gasteiger partial charge < -0.3 is 23.7 Å². The zero-order chi connectivity index (χ0) is 27.1. The fourth-order valence-electron chi connectivity index (χ4n) is 4.70. The van der Waals surface area contributed by atoms with E-state index in [-0.39, 0.29) is 25.2 Å². The number of alkyl halides is 6. The molecule has 0 amide bonds. The van der Waals surface area contributed by atoms with Crippen molar-refractivity contribution in [3.8, 4) is 0 Å². The monoisotopic (exact) mass is 530 g/mol. The number of carbonyl (C=O) groups excluding carboxylic acids is 4. The molecule has 3 fully saturated rings. The molecule has 2 bridgehead atoms. The van der Waals surface area contributed by atoms with Crippen LogP contribution in [0.4, 0.5) is 26.3 Å². The standard InChI is InChI=1S/C21H20F6O9/c1-3-4-32-7-9(2)15(29)33-8-12(28)34-13-10-5-11-14(13)35-17(30)19(11,6-10)18(31)36-16(20(22,23)24)21(25,26)27/h3,10-11,13-14,16H,1-2,4-8H2. The van der Waals surface area contributed by atoms with E-state index in [1.807, 2.05) is 0 Å². The van der Waals surface area contributed by atoms with Gasteiger partial charge in [-0.25, -0.2) is 9.59 Å². The summed E-state index contributed by atoms with van der Waals surface area (Å²) in [6.45, 7) is 5.93. The molecule has 9 nitrogen and oxygen atoms in total. The number of esters is 4. The molecule has 200 valence electrons. The molecule has 0 N–H and O–H groups in total. The van der Waals surface area contributed by atoms with Crippen LogP contribution in [0, 0.1) is 17.3 Å². The van der Waals surface area contributed by atoms with Crippen molar-refractivity contribution >= 4 is 23.9 Å². The molecule has 5 atom stereocenters. The van der Waals surface area contributed by atoms with Crippen molar-refractivity contribution < 1.29 is 69.2 Å². The second kappa shape index (κ2) is 9.75. The second-order valence-corrected chi connectivity index (χ2v) is 8.45. The molecule has 2 saturated carbocycles. The van der Waals surface area contributed by atoms with Crippen LogP contribution >= 0.6 is 0 Å². The molecular weight excluding hydrogens is 510 g/mol. The van der Waals surface area contributed by atoms with Gasteiger partial charge in [-0.1, -0.05) is 12.7 Å². The van der Waals surface area contributed by atoms with Crippen molar-refractivity contribution in [1.82, 2.24) is 0 Å². The third-order valence-electron chi connectivity index (χ3n) is 6.14. The summed E-state index contributed by atoms with van der Waals surface area (Å²) in [7, 11) is 0. The van der Waals surface area contributed by atoms with E-state index in [0.29, 0.717) is 0 Å². The Labute approximate surface area is 199 Å². The van der Waals surface area contributed by atoms with Crippen LogP contribution in [0.3, 0.4) is 0 Å². The van der Waals surface area contributed by atoms with Crippen molar-refractivity contribution in [3.63, 3.8) is 0 Å². The van der Waals surface area contributed by atoms with Crippen molar-refractivity contribution in [2.75, 3.05) is 19.8 Å². The summed E-state index contributed by atoms with van der Waals surface area (Å²) in [5.41, 5.74) is -2.48. The smallest absolute Gasteiger partial charge is 0.434 e. The molecule has 3 aliphatic rings. The topological polar surface area (TPSA) is 114 Å². The van der Waals surface area contributed by atoms with Gasteiger partial charge in [0, 0.05) is 11.8 Å². The lowest BCUT2D eigenvalue weighted by atomic mass is 9.73. The van der Waals surface area contributed by atoms with Gasteiger partial charge in [-0.05, 0) is 12.8 Å². The predicted molar refractivity (Wildman–Crippen MR) is 102 cm³/mol. The van der Waals surface area contributed by atoms with Crippen LogP contribution in [0.25, 0.3) is 0 Å². The quantitative estimate of drug-likeness (QED) is 0.0798. The Morgan fingerprint density at radius 3 is 2.36 bits per heavy atom. The van der Waals surface area contributed by atoms with E-state index in [9.17, 15) is 45.5 Å². The molecule has 0 aromatic heterocycles. The van der Waals surface area contributed by atoms with Gasteiger partial charge in [-0.15, -0.1) is 6.58 Å². The molecule has 0 aromatic carbocycles. The van der Waals surface area contributed by atoms with Gasteiger partial charge in [0.15, 0.2) is 12.0 Å². The highest BCUT2D eigenvalue weighted by atomic mass is 19.4. The molecular formula is C21H20F6O9. The molecule has 1 aliphatic heterocycles. The Hall–Kier alpha value is -3.10. The number of hydrogen-bond acceptors (Lipinski definition) is 9. The molecule has 3 rings (SSSR count). The molecule has 0 radical (unpaired) electrons. The minimum atomic E-state index is -5.96. The van der Waals surface area contributed by atoms with Gasteiger partial charge in [0.05, 0.1) is 18.8 Å². The number of fused-ring (bicyclic) bond motifs is 1. The molecule has 1 saturated heterocycles. The highest BCUT2D eigenvalue weighted by Crippen LogP contribution is 2.63. The van der Waals surface area contributed by atoms with Crippen LogP contribution in [-0.2, 0) is 42.9 Å². The Morgan fingerprint density at radius 2 is 1.78 bits per heavy atom. The zero-order valence-electron chi connectivity index (χ0n) is 18.4. The number of hydrogen-bond donors (Lipinski definition) is 0. The van der Waals surface area contributed by atoms with Gasteiger partial charge in [0.1, 0.15) is 12.2 Å². The maximum atomic E-state index is 12.8. The van der Waals surface area contributed by atoms with Crippen LogP contribution in [0.15, 0.2) is 24.8 Å². The largest absolute Gasteiger partial charge is 0.457 e. The van der Waals surface area contributed by atoms with Crippen LogP contribution < -0.4 is 0 Å². The summed E-state index contributed by atoms with van der Waals surface area (Å²) in [5, 5.41) is 0. The van der Waals surface area contributed by atoms with E-state index in [4.69, 9.17) is 18.9 Å². The average Bonchev–Trinajstić information content (AvgIpc) is 3.36. The van der Waals surface area contributed by atoms with Gasteiger partial charge in [-0.3, -0.25) is 9.59 Å². The van der Waals surface area contributed by atoms with Crippen molar-refractivity contribution in [2.45, 2.75) is 43.5 Å². The third-order valence-corrected chi connectivity index (χ3v) is 6.14. The molecule has 2 aliphatic carbocycles. The van der Waals surface area contributed by atoms with Gasteiger partial charge in [-0.2, -0.15) is 26.3 Å². The molecule has 5 unspecified atom stereocenters. The Kier molecular flexibility index (Phi) is 7.44. The maximum Gasteiger partial charge on any atom is 0.434 e. The summed E-state index contributed by atoms with van der Waals surface area (Å²) in [5.74, 6) is -7.33. The first-order valence-electron chi connectivity index (χ1n) is 10.4. The van der Waals surface area contributed by atoms with E-state index in [1.54, 1.807) is 0 Å². The highest BCUT2D eigenvalue weighted by Gasteiger charge is 2.76. The van der Waals surface area contributed by atoms with Gasteiger partial charge >= 0.3 is 36.2 Å². The molecule has 1 heterocycles. The number of carbonyl (C=O) groups is 4. The third kappa shape index (κ3) is 5.06.